The average molecular weight is 496 g/mol. The zero-order valence-corrected chi connectivity index (χ0v) is 20.5. The number of epoxide rings is 1. The summed E-state index contributed by atoms with van der Waals surface area (Å²) >= 11 is 0. The SMILES string of the molecule is COc1ccc(C[C@H](NC(=O)[C@@H](N)C2(O)CC2)C(=O)N[C@@H](Cc2ccccc2)C(=O)[C@@]2(C)CO2)cc1. The number of nitrogens with one attached hydrogen (secondary N) is 2. The van der Waals surface area contributed by atoms with Gasteiger partial charge in [0.05, 0.1) is 25.4 Å². The number of nitrogens with two attached hydrogens (primary N) is 1. The average Bonchev–Trinajstić information content (AvgIpc) is 3.82. The summed E-state index contributed by atoms with van der Waals surface area (Å²) in [6.45, 7) is 2.00. The number of amides is 2. The Morgan fingerprint density at radius 2 is 1.53 bits per heavy atom. The molecule has 1 saturated heterocycles. The number of carbonyl (C=O) groups is 3. The first-order valence-electron chi connectivity index (χ1n) is 12.1. The van der Waals surface area contributed by atoms with Gasteiger partial charge in [0, 0.05) is 6.42 Å². The Bertz CT molecular complexity index is 1100. The molecule has 0 unspecified atom stereocenters. The molecule has 2 amide bonds. The maximum absolute atomic E-state index is 13.5. The van der Waals surface area contributed by atoms with Crippen LogP contribution in [0.3, 0.4) is 0 Å². The second-order valence-electron chi connectivity index (χ2n) is 9.83. The van der Waals surface area contributed by atoms with E-state index >= 15 is 0 Å². The molecule has 4 atom stereocenters. The van der Waals surface area contributed by atoms with Crippen molar-refractivity contribution < 1.29 is 29.0 Å². The number of methoxy groups -OCH3 is 1. The molecule has 1 saturated carbocycles. The van der Waals surface area contributed by atoms with Crippen molar-refractivity contribution >= 4 is 17.6 Å². The normalized spacial score (nSPS) is 22.0. The first-order valence-corrected chi connectivity index (χ1v) is 12.1. The molecule has 0 radical (unpaired) electrons. The molecule has 2 fully saturated rings. The highest BCUT2D eigenvalue weighted by Crippen LogP contribution is 2.37. The molecular formula is C27H33N3O6. The minimum atomic E-state index is -1.24. The quantitative estimate of drug-likeness (QED) is 0.317. The van der Waals surface area contributed by atoms with E-state index < -0.39 is 41.1 Å². The number of hydrogen-bond donors (Lipinski definition) is 4. The van der Waals surface area contributed by atoms with Crippen molar-refractivity contribution in [3.63, 3.8) is 0 Å². The minimum Gasteiger partial charge on any atom is -0.497 e. The van der Waals surface area contributed by atoms with Gasteiger partial charge in [0.25, 0.3) is 0 Å². The number of rotatable bonds is 12. The van der Waals surface area contributed by atoms with E-state index in [4.69, 9.17) is 15.2 Å². The van der Waals surface area contributed by atoms with Gasteiger partial charge in [-0.2, -0.15) is 0 Å². The molecule has 4 rings (SSSR count). The van der Waals surface area contributed by atoms with Crippen LogP contribution < -0.4 is 21.1 Å². The molecule has 0 aromatic heterocycles. The Morgan fingerprint density at radius 1 is 0.972 bits per heavy atom. The van der Waals surface area contributed by atoms with Crippen molar-refractivity contribution in [2.45, 2.75) is 61.9 Å². The molecule has 0 spiro atoms. The van der Waals surface area contributed by atoms with Crippen LogP contribution >= 0.6 is 0 Å². The fraction of sp³-hybridized carbons (Fsp3) is 0.444. The van der Waals surface area contributed by atoms with Crippen molar-refractivity contribution in [1.29, 1.82) is 0 Å². The van der Waals surface area contributed by atoms with Crippen LogP contribution in [0.1, 0.15) is 30.9 Å². The first-order chi connectivity index (χ1) is 17.1. The smallest absolute Gasteiger partial charge is 0.243 e. The van der Waals surface area contributed by atoms with Gasteiger partial charge >= 0.3 is 0 Å². The number of Topliss-reactive ketones (excluding diaryl/α,β-unsaturated/α-hetero) is 1. The van der Waals surface area contributed by atoms with E-state index in [-0.39, 0.29) is 18.6 Å². The summed E-state index contributed by atoms with van der Waals surface area (Å²) in [4.78, 5) is 39.5. The van der Waals surface area contributed by atoms with Gasteiger partial charge in [-0.25, -0.2) is 0 Å². The zero-order valence-electron chi connectivity index (χ0n) is 20.5. The van der Waals surface area contributed by atoms with Crippen LogP contribution in [0.2, 0.25) is 0 Å². The number of aliphatic hydroxyl groups is 1. The van der Waals surface area contributed by atoms with E-state index in [1.165, 1.54) is 0 Å². The van der Waals surface area contributed by atoms with Crippen molar-refractivity contribution in [2.24, 2.45) is 5.73 Å². The van der Waals surface area contributed by atoms with Gasteiger partial charge < -0.3 is 30.9 Å². The molecule has 1 aliphatic heterocycles. The van der Waals surface area contributed by atoms with Gasteiger partial charge in [0.1, 0.15) is 23.4 Å². The third-order valence-corrected chi connectivity index (χ3v) is 6.87. The molecule has 192 valence electrons. The predicted octanol–water partition coefficient (Wildman–Crippen LogP) is 0.660. The second-order valence-corrected chi connectivity index (χ2v) is 9.83. The van der Waals surface area contributed by atoms with Crippen molar-refractivity contribution in [2.75, 3.05) is 13.7 Å². The molecule has 9 heteroatoms. The Kier molecular flexibility index (Phi) is 7.44. The van der Waals surface area contributed by atoms with Crippen molar-refractivity contribution in [3.8, 4) is 5.75 Å². The summed E-state index contributed by atoms with van der Waals surface area (Å²) < 4.78 is 10.5. The summed E-state index contributed by atoms with van der Waals surface area (Å²) in [5.41, 5.74) is 5.46. The fourth-order valence-electron chi connectivity index (χ4n) is 4.10. The van der Waals surface area contributed by atoms with Crippen LogP contribution in [0.15, 0.2) is 54.6 Å². The van der Waals surface area contributed by atoms with Gasteiger partial charge in [-0.05, 0) is 49.4 Å². The van der Waals surface area contributed by atoms with Gasteiger partial charge in [-0.15, -0.1) is 0 Å². The molecule has 2 aliphatic rings. The van der Waals surface area contributed by atoms with Crippen LogP contribution in [0.4, 0.5) is 0 Å². The van der Waals surface area contributed by atoms with Crippen molar-refractivity contribution in [1.82, 2.24) is 10.6 Å². The fourth-order valence-corrected chi connectivity index (χ4v) is 4.10. The standard InChI is InChI=1S/C27H33N3O6/c1-26(16-36-26)23(31)20(14-17-6-4-3-5-7-17)29-24(32)21(15-18-8-10-19(35-2)11-9-18)30-25(33)22(28)27(34)12-13-27/h3-11,20-22,34H,12-16,28H2,1-2H3,(H,29,32)(H,30,33)/t20-,21-,22+,26+/m0/s1. The maximum Gasteiger partial charge on any atom is 0.243 e. The number of carbonyl (C=O) groups excluding carboxylic acids is 3. The number of ether oxygens (including phenoxy) is 2. The van der Waals surface area contributed by atoms with Gasteiger partial charge in [0.2, 0.25) is 11.8 Å². The topological polar surface area (TPSA) is 143 Å². The Balaban J connectivity index is 1.53. The van der Waals surface area contributed by atoms with E-state index in [2.05, 4.69) is 10.6 Å². The molecule has 1 aliphatic carbocycles. The van der Waals surface area contributed by atoms with Crippen LogP contribution in [0.25, 0.3) is 0 Å². The highest BCUT2D eigenvalue weighted by molar-refractivity contribution is 5.98. The molecule has 2 aromatic carbocycles. The molecule has 5 N–H and O–H groups in total. The maximum atomic E-state index is 13.5. The van der Waals surface area contributed by atoms with Gasteiger partial charge in [0.15, 0.2) is 5.78 Å². The van der Waals surface area contributed by atoms with Crippen LogP contribution in [0.5, 0.6) is 5.75 Å². The largest absolute Gasteiger partial charge is 0.497 e. The monoisotopic (exact) mass is 495 g/mol. The lowest BCUT2D eigenvalue weighted by Crippen LogP contribution is -2.58. The summed E-state index contributed by atoms with van der Waals surface area (Å²) in [5, 5.41) is 15.8. The zero-order chi connectivity index (χ0) is 25.9. The lowest BCUT2D eigenvalue weighted by Gasteiger charge is -2.26. The third kappa shape index (κ3) is 6.10. The number of benzene rings is 2. The molecule has 36 heavy (non-hydrogen) atoms. The third-order valence-electron chi connectivity index (χ3n) is 6.87. The van der Waals surface area contributed by atoms with Gasteiger partial charge in [-0.1, -0.05) is 42.5 Å². The Labute approximate surface area is 210 Å². The predicted molar refractivity (Wildman–Crippen MR) is 132 cm³/mol. The van der Waals surface area contributed by atoms with Crippen LogP contribution in [-0.2, 0) is 32.0 Å². The van der Waals surface area contributed by atoms with E-state index in [0.29, 0.717) is 25.2 Å². The Morgan fingerprint density at radius 3 is 2.08 bits per heavy atom. The minimum absolute atomic E-state index is 0.159. The Hall–Kier alpha value is -3.27. The number of hydrogen-bond acceptors (Lipinski definition) is 7. The first kappa shape index (κ1) is 25.8. The van der Waals surface area contributed by atoms with E-state index in [9.17, 15) is 19.5 Å². The highest BCUT2D eigenvalue weighted by atomic mass is 16.6. The highest BCUT2D eigenvalue weighted by Gasteiger charge is 2.51. The molecule has 1 heterocycles. The summed E-state index contributed by atoms with van der Waals surface area (Å²) in [5.74, 6) is -0.703. The summed E-state index contributed by atoms with van der Waals surface area (Å²) in [6, 6.07) is 13.5. The van der Waals surface area contributed by atoms with E-state index in [1.54, 1.807) is 38.3 Å². The van der Waals surface area contributed by atoms with E-state index in [0.717, 1.165) is 11.1 Å². The molecule has 2 aromatic rings. The van der Waals surface area contributed by atoms with Crippen LogP contribution in [0, 0.1) is 0 Å². The summed E-state index contributed by atoms with van der Waals surface area (Å²) in [6.07, 6.45) is 1.31. The number of ketones is 1. The van der Waals surface area contributed by atoms with Crippen LogP contribution in [-0.4, -0.2) is 65.7 Å². The van der Waals surface area contributed by atoms with Crippen molar-refractivity contribution in [3.05, 3.63) is 65.7 Å². The molecule has 0 bridgehead atoms. The summed E-state index contributed by atoms with van der Waals surface area (Å²) in [7, 11) is 1.56. The molecule has 9 nitrogen and oxygen atoms in total. The van der Waals surface area contributed by atoms with E-state index in [1.807, 2.05) is 30.3 Å². The lowest BCUT2D eigenvalue weighted by molar-refractivity contribution is -0.134. The molecular weight excluding hydrogens is 462 g/mol. The second kappa shape index (κ2) is 10.4. The lowest BCUT2D eigenvalue weighted by atomic mass is 9.94. The van der Waals surface area contributed by atoms with Gasteiger partial charge in [-0.3, -0.25) is 14.4 Å².